The fraction of sp³-hybridized carbons (Fsp3) is 1.00. The van der Waals surface area contributed by atoms with Crippen LogP contribution in [0.2, 0.25) is 0 Å². The Kier molecular flexibility index (Phi) is 7.78. The van der Waals surface area contributed by atoms with Gasteiger partial charge in [-0.15, -0.1) is 0 Å². The molecule has 4 rings (SSSR count). The molecule has 0 radical (unpaired) electrons. The summed E-state index contributed by atoms with van der Waals surface area (Å²) in [5, 5.41) is 0. The van der Waals surface area contributed by atoms with E-state index in [1.807, 2.05) is 0 Å². The highest BCUT2D eigenvalue weighted by Crippen LogP contribution is 2.37. The van der Waals surface area contributed by atoms with Crippen LogP contribution >= 0.6 is 0 Å². The molecule has 2 heteroatoms. The lowest BCUT2D eigenvalue weighted by Crippen LogP contribution is -2.48. The van der Waals surface area contributed by atoms with Crippen molar-refractivity contribution in [2.45, 2.75) is 116 Å². The van der Waals surface area contributed by atoms with E-state index in [1.165, 1.54) is 116 Å². The van der Waals surface area contributed by atoms with E-state index in [9.17, 15) is 0 Å². The van der Waals surface area contributed by atoms with Crippen molar-refractivity contribution in [3.63, 3.8) is 0 Å². The molecule has 4 aliphatic rings. The van der Waals surface area contributed by atoms with Gasteiger partial charge in [0.05, 0.1) is 0 Å². The topological polar surface area (TPSA) is 6.48 Å². The molecule has 28 heavy (non-hydrogen) atoms. The predicted molar refractivity (Wildman–Crippen MR) is 121 cm³/mol. The van der Waals surface area contributed by atoms with E-state index >= 15 is 0 Å². The third-order valence-electron chi connectivity index (χ3n) is 9.63. The van der Waals surface area contributed by atoms with E-state index in [0.29, 0.717) is 0 Å². The van der Waals surface area contributed by atoms with Crippen molar-refractivity contribution in [3.8, 4) is 0 Å². The second-order valence-electron chi connectivity index (χ2n) is 11.0. The first-order valence-electron chi connectivity index (χ1n) is 13.2. The molecule has 2 saturated carbocycles. The van der Waals surface area contributed by atoms with E-state index in [0.717, 1.165) is 35.8 Å². The van der Waals surface area contributed by atoms with E-state index in [1.54, 1.807) is 0 Å². The van der Waals surface area contributed by atoms with Crippen LogP contribution in [0.15, 0.2) is 0 Å². The molecule has 2 saturated heterocycles. The number of rotatable bonds is 5. The summed E-state index contributed by atoms with van der Waals surface area (Å²) in [4.78, 5) is 5.74. The van der Waals surface area contributed by atoms with E-state index in [-0.39, 0.29) is 0 Å². The maximum atomic E-state index is 2.87. The lowest BCUT2D eigenvalue weighted by Gasteiger charge is -2.45. The van der Waals surface area contributed by atoms with Gasteiger partial charge in [-0.3, -0.25) is 0 Å². The maximum absolute atomic E-state index is 2.87. The molecule has 2 aliphatic carbocycles. The van der Waals surface area contributed by atoms with Gasteiger partial charge in [-0.2, -0.15) is 0 Å². The van der Waals surface area contributed by atoms with Crippen molar-refractivity contribution in [3.05, 3.63) is 0 Å². The number of hydrogen-bond acceptors (Lipinski definition) is 2. The average molecular weight is 389 g/mol. The molecule has 4 fully saturated rings. The van der Waals surface area contributed by atoms with Gasteiger partial charge in [0.15, 0.2) is 0 Å². The van der Waals surface area contributed by atoms with Crippen LogP contribution in [0.3, 0.4) is 0 Å². The smallest absolute Gasteiger partial charge is 0.00951 e. The first-order chi connectivity index (χ1) is 13.7. The Bertz CT molecular complexity index is 393. The predicted octanol–water partition coefficient (Wildman–Crippen LogP) is 6.35. The van der Waals surface area contributed by atoms with Crippen molar-refractivity contribution in [2.75, 3.05) is 26.2 Å². The van der Waals surface area contributed by atoms with E-state index < -0.39 is 0 Å². The molecule has 2 aliphatic heterocycles. The minimum atomic E-state index is 0.847. The summed E-state index contributed by atoms with van der Waals surface area (Å²) in [6, 6.07) is 1.69. The summed E-state index contributed by atoms with van der Waals surface area (Å²) < 4.78 is 0. The van der Waals surface area contributed by atoms with E-state index in [2.05, 4.69) is 23.6 Å². The van der Waals surface area contributed by atoms with Crippen LogP contribution in [-0.4, -0.2) is 48.1 Å². The normalized spacial score (nSPS) is 31.1. The summed E-state index contributed by atoms with van der Waals surface area (Å²) in [5.41, 5.74) is 0. The molecule has 0 N–H and O–H groups in total. The molecule has 2 unspecified atom stereocenters. The first kappa shape index (κ1) is 21.2. The van der Waals surface area contributed by atoms with Crippen molar-refractivity contribution in [2.24, 2.45) is 23.7 Å². The zero-order valence-electron chi connectivity index (χ0n) is 19.1. The molecule has 0 aromatic carbocycles. The lowest BCUT2D eigenvalue weighted by molar-refractivity contribution is 0.0397. The summed E-state index contributed by atoms with van der Waals surface area (Å²) in [5.74, 6) is 4.05. The van der Waals surface area contributed by atoms with Crippen LogP contribution in [0.4, 0.5) is 0 Å². The molecule has 0 aromatic rings. The Hall–Kier alpha value is -0.0800. The summed E-state index contributed by atoms with van der Waals surface area (Å²) in [6.45, 7) is 10.6. The molecule has 2 heterocycles. The first-order valence-corrected chi connectivity index (χ1v) is 13.2. The highest BCUT2D eigenvalue weighted by atomic mass is 15.2. The molecule has 0 aromatic heterocycles. The van der Waals surface area contributed by atoms with E-state index in [4.69, 9.17) is 0 Å². The Morgan fingerprint density at radius 1 is 0.464 bits per heavy atom. The van der Waals surface area contributed by atoms with Crippen molar-refractivity contribution < 1.29 is 0 Å². The second kappa shape index (κ2) is 10.3. The molecule has 2 nitrogen and oxygen atoms in total. The van der Waals surface area contributed by atoms with Gasteiger partial charge in [0.1, 0.15) is 0 Å². The van der Waals surface area contributed by atoms with Crippen molar-refractivity contribution in [1.29, 1.82) is 0 Å². The minimum Gasteiger partial charge on any atom is -0.300 e. The molecule has 0 spiro atoms. The number of likely N-dealkylation sites (tertiary alicyclic amines) is 2. The number of hydrogen-bond donors (Lipinski definition) is 0. The lowest BCUT2D eigenvalue weighted by atomic mass is 9.76. The third kappa shape index (κ3) is 5.15. The molecule has 2 atom stereocenters. The van der Waals surface area contributed by atoms with Crippen LogP contribution in [0, 0.1) is 23.7 Å². The highest BCUT2D eigenvalue weighted by Gasteiger charge is 2.34. The fourth-order valence-corrected chi connectivity index (χ4v) is 7.43. The number of piperidine rings is 2. The largest absolute Gasteiger partial charge is 0.300 e. The van der Waals surface area contributed by atoms with Crippen LogP contribution in [0.25, 0.3) is 0 Å². The molecular formula is C26H48N2. The fourth-order valence-electron chi connectivity index (χ4n) is 7.43. The third-order valence-corrected chi connectivity index (χ3v) is 9.63. The summed E-state index contributed by atoms with van der Waals surface area (Å²) in [7, 11) is 0. The monoisotopic (exact) mass is 388 g/mol. The molecule has 0 bridgehead atoms. The summed E-state index contributed by atoms with van der Waals surface area (Å²) >= 11 is 0. The Balaban J connectivity index is 1.18. The zero-order valence-corrected chi connectivity index (χ0v) is 19.1. The van der Waals surface area contributed by atoms with Crippen LogP contribution in [-0.2, 0) is 0 Å². The van der Waals surface area contributed by atoms with Gasteiger partial charge >= 0.3 is 0 Å². The number of nitrogens with zero attached hydrogens (tertiary/aromatic N) is 2. The zero-order chi connectivity index (χ0) is 19.3. The van der Waals surface area contributed by atoms with Gasteiger partial charge in [-0.1, -0.05) is 38.5 Å². The maximum Gasteiger partial charge on any atom is 0.00951 e. The SMILES string of the molecule is CC(C1CCCCC1)N1CCC(C2CCN(C(C)C3CCCCC3)CC2)CC1. The minimum absolute atomic E-state index is 0.847. The Labute approximate surface area is 175 Å². The van der Waals surface area contributed by atoms with Crippen molar-refractivity contribution in [1.82, 2.24) is 9.80 Å². The van der Waals surface area contributed by atoms with Crippen LogP contribution < -0.4 is 0 Å². The Morgan fingerprint density at radius 3 is 1.11 bits per heavy atom. The van der Waals surface area contributed by atoms with Gasteiger partial charge in [-0.05, 0) is 115 Å². The molecular weight excluding hydrogens is 340 g/mol. The standard InChI is InChI=1S/C26H48N2/c1-21(23-9-5-3-6-10-23)27-17-13-25(14-18-27)26-15-19-28(20-16-26)22(2)24-11-7-4-8-12-24/h21-26H,3-20H2,1-2H3. The van der Waals surface area contributed by atoms with Crippen LogP contribution in [0.1, 0.15) is 104 Å². The van der Waals surface area contributed by atoms with Crippen LogP contribution in [0.5, 0.6) is 0 Å². The summed E-state index contributed by atoms with van der Waals surface area (Å²) in [6.07, 6.45) is 20.9. The highest BCUT2D eigenvalue weighted by molar-refractivity contribution is 4.88. The second-order valence-corrected chi connectivity index (χ2v) is 11.0. The van der Waals surface area contributed by atoms with Gasteiger partial charge in [0.2, 0.25) is 0 Å². The average Bonchev–Trinajstić information content (AvgIpc) is 2.79. The van der Waals surface area contributed by atoms with Gasteiger partial charge in [-0.25, -0.2) is 0 Å². The quantitative estimate of drug-likeness (QED) is 0.541. The Morgan fingerprint density at radius 2 is 0.786 bits per heavy atom. The van der Waals surface area contributed by atoms with Gasteiger partial charge in [0.25, 0.3) is 0 Å². The van der Waals surface area contributed by atoms with Gasteiger partial charge < -0.3 is 9.80 Å². The molecule has 0 amide bonds. The van der Waals surface area contributed by atoms with Crippen molar-refractivity contribution >= 4 is 0 Å². The van der Waals surface area contributed by atoms with Gasteiger partial charge in [0, 0.05) is 12.1 Å². The molecule has 162 valence electrons.